The summed E-state index contributed by atoms with van der Waals surface area (Å²) in [6, 6.07) is 9.88. The highest BCUT2D eigenvalue weighted by atomic mass is 16.5. The first-order valence-electron chi connectivity index (χ1n) is 6.79. The second-order valence-corrected chi connectivity index (χ2v) is 5.33. The molecule has 1 aromatic rings. The molecule has 0 spiro atoms. The summed E-state index contributed by atoms with van der Waals surface area (Å²) in [4.78, 5) is 2.33. The summed E-state index contributed by atoms with van der Waals surface area (Å²) in [6.07, 6.45) is 1.13. The summed E-state index contributed by atoms with van der Waals surface area (Å²) < 4.78 is 5.44. The van der Waals surface area contributed by atoms with E-state index in [0.29, 0.717) is 12.1 Å². The fourth-order valence-corrected chi connectivity index (χ4v) is 2.21. The lowest BCUT2D eigenvalue weighted by Crippen LogP contribution is -2.31. The van der Waals surface area contributed by atoms with Crippen LogP contribution in [0.15, 0.2) is 24.3 Å². The van der Waals surface area contributed by atoms with Gasteiger partial charge in [0, 0.05) is 31.9 Å². The van der Waals surface area contributed by atoms with Crippen molar-refractivity contribution >= 4 is 5.69 Å². The van der Waals surface area contributed by atoms with Gasteiger partial charge < -0.3 is 15.0 Å². The van der Waals surface area contributed by atoms with Crippen molar-refractivity contribution in [3.05, 3.63) is 29.8 Å². The topological polar surface area (TPSA) is 24.5 Å². The number of nitrogens with zero attached hydrogens (tertiary/aromatic N) is 1. The molecule has 3 heteroatoms. The highest BCUT2D eigenvalue weighted by molar-refractivity contribution is 5.48. The molecule has 0 radical (unpaired) electrons. The number of hydrogen-bond acceptors (Lipinski definition) is 3. The number of likely N-dealkylation sites (N-methyl/N-ethyl adjacent to an activating group) is 1. The first kappa shape index (κ1) is 13.4. The second kappa shape index (κ2) is 6.21. The van der Waals surface area contributed by atoms with E-state index in [2.05, 4.69) is 55.4 Å². The van der Waals surface area contributed by atoms with E-state index in [1.165, 1.54) is 11.3 Å². The molecular formula is C15H24N2O. The fraction of sp³-hybridized carbons (Fsp3) is 0.600. The van der Waals surface area contributed by atoms with Gasteiger partial charge >= 0.3 is 0 Å². The minimum Gasteiger partial charge on any atom is -0.379 e. The van der Waals surface area contributed by atoms with Crippen molar-refractivity contribution in [1.82, 2.24) is 5.32 Å². The zero-order valence-electron chi connectivity index (χ0n) is 11.6. The van der Waals surface area contributed by atoms with Gasteiger partial charge in [-0.15, -0.1) is 0 Å². The summed E-state index contributed by atoms with van der Waals surface area (Å²) in [7, 11) is 2.15. The van der Waals surface area contributed by atoms with Crippen molar-refractivity contribution in [2.24, 2.45) is 0 Å². The van der Waals surface area contributed by atoms with Crippen LogP contribution in [0.5, 0.6) is 0 Å². The third kappa shape index (κ3) is 3.47. The Kier molecular flexibility index (Phi) is 4.61. The molecule has 0 aromatic heterocycles. The number of anilines is 1. The van der Waals surface area contributed by atoms with Crippen LogP contribution in [0.4, 0.5) is 5.69 Å². The van der Waals surface area contributed by atoms with Crippen molar-refractivity contribution in [1.29, 1.82) is 0 Å². The van der Waals surface area contributed by atoms with Crippen LogP contribution in [0.3, 0.4) is 0 Å². The molecule has 3 nitrogen and oxygen atoms in total. The predicted molar refractivity (Wildman–Crippen MR) is 76.0 cm³/mol. The van der Waals surface area contributed by atoms with E-state index < -0.39 is 0 Å². The summed E-state index contributed by atoms with van der Waals surface area (Å²) >= 11 is 0. The largest absolute Gasteiger partial charge is 0.379 e. The molecule has 1 aromatic carbocycles. The summed E-state index contributed by atoms with van der Waals surface area (Å²) in [5.41, 5.74) is 2.61. The van der Waals surface area contributed by atoms with E-state index in [-0.39, 0.29) is 0 Å². The molecule has 1 N–H and O–H groups in total. The highest BCUT2D eigenvalue weighted by Crippen LogP contribution is 2.20. The average Bonchev–Trinajstić information content (AvgIpc) is 2.90. The minimum absolute atomic E-state index is 0.531. The average molecular weight is 248 g/mol. The van der Waals surface area contributed by atoms with E-state index in [9.17, 15) is 0 Å². The Hall–Kier alpha value is -1.06. The van der Waals surface area contributed by atoms with Crippen LogP contribution in [0.2, 0.25) is 0 Å². The molecule has 100 valence electrons. The van der Waals surface area contributed by atoms with Crippen molar-refractivity contribution in [3.8, 4) is 0 Å². The molecule has 0 bridgehead atoms. The van der Waals surface area contributed by atoms with Gasteiger partial charge in [-0.2, -0.15) is 0 Å². The van der Waals surface area contributed by atoms with E-state index in [4.69, 9.17) is 4.74 Å². The Morgan fingerprint density at radius 1 is 1.33 bits per heavy atom. The van der Waals surface area contributed by atoms with Crippen molar-refractivity contribution in [3.63, 3.8) is 0 Å². The zero-order valence-corrected chi connectivity index (χ0v) is 11.6. The molecule has 1 aliphatic heterocycles. The molecule has 1 aliphatic rings. The smallest absolute Gasteiger partial charge is 0.0670 e. The maximum atomic E-state index is 5.44. The molecule has 1 fully saturated rings. The Labute approximate surface area is 110 Å². The quantitative estimate of drug-likeness (QED) is 0.866. The zero-order chi connectivity index (χ0) is 13.0. The maximum Gasteiger partial charge on any atom is 0.0670 e. The summed E-state index contributed by atoms with van der Waals surface area (Å²) in [6.45, 7) is 7.03. The highest BCUT2D eigenvalue weighted by Gasteiger charge is 2.20. The third-order valence-corrected chi connectivity index (χ3v) is 3.51. The molecule has 1 unspecified atom stereocenters. The standard InChI is InChI=1S/C15H24N2O/c1-12(2)16-10-13-4-6-14(7-5-13)17(3)15-8-9-18-11-15/h4-7,12,15-16H,8-11H2,1-3H3. The Balaban J connectivity index is 1.93. The molecule has 1 heterocycles. The molecule has 0 saturated carbocycles. The number of ether oxygens (including phenoxy) is 1. The van der Waals surface area contributed by atoms with Crippen LogP contribution < -0.4 is 10.2 Å². The molecule has 0 aliphatic carbocycles. The van der Waals surface area contributed by atoms with Crippen LogP contribution in [0.25, 0.3) is 0 Å². The number of nitrogens with one attached hydrogen (secondary N) is 1. The second-order valence-electron chi connectivity index (χ2n) is 5.33. The van der Waals surface area contributed by atoms with E-state index in [0.717, 1.165) is 26.2 Å². The monoisotopic (exact) mass is 248 g/mol. The molecule has 0 amide bonds. The SMILES string of the molecule is CC(C)NCc1ccc(N(C)C2CCOC2)cc1. The predicted octanol–water partition coefficient (Wildman–Crippen LogP) is 2.41. The van der Waals surface area contributed by atoms with E-state index in [1.807, 2.05) is 0 Å². The lowest BCUT2D eigenvalue weighted by molar-refractivity contribution is 0.193. The van der Waals surface area contributed by atoms with Gasteiger partial charge in [0.1, 0.15) is 0 Å². The van der Waals surface area contributed by atoms with Gasteiger partial charge in [0.15, 0.2) is 0 Å². The van der Waals surface area contributed by atoms with Gasteiger partial charge in [-0.3, -0.25) is 0 Å². The molecular weight excluding hydrogens is 224 g/mol. The number of rotatable bonds is 5. The maximum absolute atomic E-state index is 5.44. The summed E-state index contributed by atoms with van der Waals surface area (Å²) in [5.74, 6) is 0. The van der Waals surface area contributed by atoms with Gasteiger partial charge in [0.2, 0.25) is 0 Å². The van der Waals surface area contributed by atoms with Crippen LogP contribution in [-0.4, -0.2) is 32.3 Å². The first-order chi connectivity index (χ1) is 8.66. The lowest BCUT2D eigenvalue weighted by atomic mass is 10.1. The van der Waals surface area contributed by atoms with Gasteiger partial charge in [-0.05, 0) is 24.1 Å². The molecule has 1 atom stereocenters. The fourth-order valence-electron chi connectivity index (χ4n) is 2.21. The van der Waals surface area contributed by atoms with Gasteiger partial charge in [-0.25, -0.2) is 0 Å². The van der Waals surface area contributed by atoms with Crippen LogP contribution in [-0.2, 0) is 11.3 Å². The number of hydrogen-bond donors (Lipinski definition) is 1. The Morgan fingerprint density at radius 3 is 2.61 bits per heavy atom. The van der Waals surface area contributed by atoms with E-state index in [1.54, 1.807) is 0 Å². The Morgan fingerprint density at radius 2 is 2.06 bits per heavy atom. The van der Waals surface area contributed by atoms with Crippen LogP contribution >= 0.6 is 0 Å². The van der Waals surface area contributed by atoms with Crippen LogP contribution in [0, 0.1) is 0 Å². The molecule has 1 saturated heterocycles. The third-order valence-electron chi connectivity index (χ3n) is 3.51. The van der Waals surface area contributed by atoms with Crippen molar-refractivity contribution in [2.75, 3.05) is 25.2 Å². The van der Waals surface area contributed by atoms with E-state index >= 15 is 0 Å². The van der Waals surface area contributed by atoms with Gasteiger partial charge in [0.05, 0.1) is 12.6 Å². The van der Waals surface area contributed by atoms with Gasteiger partial charge in [-0.1, -0.05) is 26.0 Å². The lowest BCUT2D eigenvalue weighted by Gasteiger charge is -2.25. The first-order valence-corrected chi connectivity index (χ1v) is 6.79. The van der Waals surface area contributed by atoms with Crippen molar-refractivity contribution < 1.29 is 4.74 Å². The molecule has 18 heavy (non-hydrogen) atoms. The summed E-state index contributed by atoms with van der Waals surface area (Å²) in [5, 5.41) is 3.43. The van der Waals surface area contributed by atoms with Crippen LogP contribution in [0.1, 0.15) is 25.8 Å². The minimum atomic E-state index is 0.531. The normalized spacial score (nSPS) is 19.4. The van der Waals surface area contributed by atoms with Gasteiger partial charge in [0.25, 0.3) is 0 Å². The Bertz CT molecular complexity index is 355. The molecule has 2 rings (SSSR count). The number of benzene rings is 1. The van der Waals surface area contributed by atoms with Crippen molar-refractivity contribution in [2.45, 2.75) is 38.9 Å².